The Bertz CT molecular complexity index is 788. The van der Waals surface area contributed by atoms with E-state index in [0.717, 1.165) is 21.9 Å². The molecule has 24 heavy (non-hydrogen) atoms. The summed E-state index contributed by atoms with van der Waals surface area (Å²) in [7, 11) is 0. The van der Waals surface area contributed by atoms with Gasteiger partial charge in [-0.05, 0) is 44.0 Å². The lowest BCUT2D eigenvalue weighted by molar-refractivity contribution is -0.121. The third-order valence-electron chi connectivity index (χ3n) is 4.15. The quantitative estimate of drug-likeness (QED) is 0.819. The summed E-state index contributed by atoms with van der Waals surface area (Å²) in [6.45, 7) is 4.18. The maximum atomic E-state index is 12.2. The van der Waals surface area contributed by atoms with E-state index in [1.807, 2.05) is 19.9 Å². The van der Waals surface area contributed by atoms with Crippen LogP contribution in [0.25, 0.3) is 0 Å². The predicted octanol–water partition coefficient (Wildman–Crippen LogP) is 1.59. The number of benzene rings is 1. The summed E-state index contributed by atoms with van der Waals surface area (Å²) < 4.78 is 0. The molecule has 2 N–H and O–H groups in total. The van der Waals surface area contributed by atoms with Gasteiger partial charge in [0.25, 0.3) is 11.8 Å². The first-order valence-corrected chi connectivity index (χ1v) is 7.84. The molecule has 0 radical (unpaired) electrons. The number of carbonyl (C=O) groups is 3. The number of nitrogens with one attached hydrogen (secondary N) is 2. The number of aryl methyl sites for hydroxylation is 2. The number of nitrogens with zero attached hydrogens (tertiary/aromatic N) is 1. The third kappa shape index (κ3) is 2.95. The Morgan fingerprint density at radius 2 is 1.75 bits per heavy atom. The van der Waals surface area contributed by atoms with Crippen LogP contribution in [0.2, 0.25) is 0 Å². The van der Waals surface area contributed by atoms with Crippen molar-refractivity contribution in [2.45, 2.75) is 20.3 Å². The molecule has 0 saturated carbocycles. The molecular weight excluding hydrogens is 306 g/mol. The summed E-state index contributed by atoms with van der Waals surface area (Å²) in [5, 5.41) is 2.76. The normalized spacial score (nSPS) is 13.3. The molecule has 2 aromatic rings. The SMILES string of the molecule is Cc1cc(CCNC(=O)CN2C(=O)c3ccccc3C2=O)c(C)[nH]1. The summed E-state index contributed by atoms with van der Waals surface area (Å²) in [5.74, 6) is -1.17. The summed E-state index contributed by atoms with van der Waals surface area (Å²) in [5.41, 5.74) is 4.03. The fraction of sp³-hybridized carbons (Fsp3) is 0.278. The lowest BCUT2D eigenvalue weighted by Crippen LogP contribution is -2.40. The molecule has 1 aromatic carbocycles. The van der Waals surface area contributed by atoms with Crippen molar-refractivity contribution in [3.8, 4) is 0 Å². The molecule has 0 atom stereocenters. The lowest BCUT2D eigenvalue weighted by atomic mass is 10.1. The highest BCUT2D eigenvalue weighted by molar-refractivity contribution is 6.22. The number of aromatic amines is 1. The maximum Gasteiger partial charge on any atom is 0.262 e. The first kappa shape index (κ1) is 16.0. The average Bonchev–Trinajstić information content (AvgIpc) is 2.99. The molecule has 6 nitrogen and oxygen atoms in total. The largest absolute Gasteiger partial charge is 0.362 e. The molecule has 1 aliphatic heterocycles. The minimum atomic E-state index is -0.414. The molecule has 0 aliphatic carbocycles. The van der Waals surface area contributed by atoms with E-state index in [1.54, 1.807) is 24.3 Å². The van der Waals surface area contributed by atoms with Gasteiger partial charge in [-0.3, -0.25) is 19.3 Å². The number of H-pyrrole nitrogens is 1. The van der Waals surface area contributed by atoms with Crippen molar-refractivity contribution in [2.24, 2.45) is 0 Å². The van der Waals surface area contributed by atoms with Crippen molar-refractivity contribution in [2.75, 3.05) is 13.1 Å². The van der Waals surface area contributed by atoms with Crippen LogP contribution in [0, 0.1) is 13.8 Å². The van der Waals surface area contributed by atoms with Crippen molar-refractivity contribution in [1.29, 1.82) is 0 Å². The maximum absolute atomic E-state index is 12.2. The molecule has 0 unspecified atom stereocenters. The predicted molar refractivity (Wildman–Crippen MR) is 88.8 cm³/mol. The molecule has 0 fully saturated rings. The lowest BCUT2D eigenvalue weighted by Gasteiger charge is -2.13. The second kappa shape index (κ2) is 6.31. The van der Waals surface area contributed by atoms with Crippen molar-refractivity contribution in [3.05, 3.63) is 58.4 Å². The van der Waals surface area contributed by atoms with Crippen LogP contribution >= 0.6 is 0 Å². The molecule has 0 bridgehead atoms. The number of carbonyl (C=O) groups excluding carboxylic acids is 3. The summed E-state index contributed by atoms with van der Waals surface area (Å²) in [6, 6.07) is 8.66. The van der Waals surface area contributed by atoms with E-state index >= 15 is 0 Å². The van der Waals surface area contributed by atoms with E-state index in [-0.39, 0.29) is 12.5 Å². The van der Waals surface area contributed by atoms with Crippen LogP contribution in [0.3, 0.4) is 0 Å². The fourth-order valence-electron chi connectivity index (χ4n) is 2.96. The number of hydrogen-bond donors (Lipinski definition) is 2. The van der Waals surface area contributed by atoms with Crippen molar-refractivity contribution < 1.29 is 14.4 Å². The highest BCUT2D eigenvalue weighted by Crippen LogP contribution is 2.21. The monoisotopic (exact) mass is 325 g/mol. The summed E-state index contributed by atoms with van der Waals surface area (Å²) in [4.78, 5) is 40.7. The molecule has 3 rings (SSSR count). The molecule has 1 aliphatic rings. The third-order valence-corrected chi connectivity index (χ3v) is 4.15. The van der Waals surface area contributed by atoms with Gasteiger partial charge < -0.3 is 10.3 Å². The zero-order valence-electron chi connectivity index (χ0n) is 13.7. The van der Waals surface area contributed by atoms with Gasteiger partial charge in [0, 0.05) is 17.9 Å². The van der Waals surface area contributed by atoms with Crippen LogP contribution in [0.5, 0.6) is 0 Å². The van der Waals surface area contributed by atoms with Crippen molar-refractivity contribution in [1.82, 2.24) is 15.2 Å². The second-order valence-electron chi connectivity index (χ2n) is 5.94. The van der Waals surface area contributed by atoms with Gasteiger partial charge in [0.2, 0.25) is 5.91 Å². The van der Waals surface area contributed by atoms with Crippen LogP contribution in [0.15, 0.2) is 30.3 Å². The molecule has 1 aromatic heterocycles. The second-order valence-corrected chi connectivity index (χ2v) is 5.94. The first-order chi connectivity index (χ1) is 11.5. The van der Waals surface area contributed by atoms with Gasteiger partial charge >= 0.3 is 0 Å². The Kier molecular flexibility index (Phi) is 4.20. The Hall–Kier alpha value is -2.89. The zero-order valence-corrected chi connectivity index (χ0v) is 13.7. The van der Waals surface area contributed by atoms with Gasteiger partial charge in [0.15, 0.2) is 0 Å². The number of rotatable bonds is 5. The van der Waals surface area contributed by atoms with E-state index < -0.39 is 11.8 Å². The molecule has 6 heteroatoms. The molecule has 124 valence electrons. The number of amides is 3. The Labute approximate surface area is 139 Å². The molecule has 2 heterocycles. The van der Waals surface area contributed by atoms with Crippen LogP contribution in [0.1, 0.15) is 37.7 Å². The van der Waals surface area contributed by atoms with Crippen LogP contribution in [0.4, 0.5) is 0 Å². The highest BCUT2D eigenvalue weighted by atomic mass is 16.2. The van der Waals surface area contributed by atoms with Gasteiger partial charge in [-0.2, -0.15) is 0 Å². The minimum absolute atomic E-state index is 0.252. The van der Waals surface area contributed by atoms with Crippen molar-refractivity contribution >= 4 is 17.7 Å². The van der Waals surface area contributed by atoms with Crippen LogP contribution < -0.4 is 5.32 Å². The Morgan fingerprint density at radius 3 is 2.29 bits per heavy atom. The summed E-state index contributed by atoms with van der Waals surface area (Å²) in [6.07, 6.45) is 0.698. The van der Waals surface area contributed by atoms with Crippen LogP contribution in [-0.4, -0.2) is 40.7 Å². The van der Waals surface area contributed by atoms with Gasteiger partial charge in [-0.1, -0.05) is 12.1 Å². The molecule has 0 saturated heterocycles. The summed E-state index contributed by atoms with van der Waals surface area (Å²) >= 11 is 0. The van der Waals surface area contributed by atoms with Gasteiger partial charge in [-0.25, -0.2) is 0 Å². The molecule has 3 amide bonds. The number of imide groups is 1. The number of hydrogen-bond acceptors (Lipinski definition) is 3. The topological polar surface area (TPSA) is 82.3 Å². The Morgan fingerprint density at radius 1 is 1.12 bits per heavy atom. The fourth-order valence-corrected chi connectivity index (χ4v) is 2.96. The highest BCUT2D eigenvalue weighted by Gasteiger charge is 2.36. The smallest absolute Gasteiger partial charge is 0.262 e. The number of fused-ring (bicyclic) bond motifs is 1. The van der Waals surface area contributed by atoms with E-state index in [4.69, 9.17) is 0 Å². The van der Waals surface area contributed by atoms with E-state index in [0.29, 0.717) is 24.1 Å². The molecular formula is C18H19N3O3. The first-order valence-electron chi connectivity index (χ1n) is 7.84. The molecule has 0 spiro atoms. The zero-order chi connectivity index (χ0) is 17.3. The standard InChI is InChI=1S/C18H19N3O3/c1-11-9-13(12(2)20-11)7-8-19-16(22)10-21-17(23)14-5-3-4-6-15(14)18(21)24/h3-6,9,20H,7-8,10H2,1-2H3,(H,19,22). The van der Waals surface area contributed by atoms with E-state index in [1.165, 1.54) is 0 Å². The minimum Gasteiger partial charge on any atom is -0.362 e. The van der Waals surface area contributed by atoms with Gasteiger partial charge in [-0.15, -0.1) is 0 Å². The van der Waals surface area contributed by atoms with Gasteiger partial charge in [0.05, 0.1) is 11.1 Å². The average molecular weight is 325 g/mol. The van der Waals surface area contributed by atoms with Gasteiger partial charge in [0.1, 0.15) is 6.54 Å². The number of aromatic nitrogens is 1. The van der Waals surface area contributed by atoms with Crippen molar-refractivity contribution in [3.63, 3.8) is 0 Å². The van der Waals surface area contributed by atoms with E-state index in [9.17, 15) is 14.4 Å². The van der Waals surface area contributed by atoms with E-state index in [2.05, 4.69) is 10.3 Å². The van der Waals surface area contributed by atoms with Crippen LogP contribution in [-0.2, 0) is 11.2 Å². The Balaban J connectivity index is 1.55.